The summed E-state index contributed by atoms with van der Waals surface area (Å²) in [4.78, 5) is 14.8. The van der Waals surface area contributed by atoms with E-state index in [-0.39, 0.29) is 17.9 Å². The van der Waals surface area contributed by atoms with Crippen LogP contribution in [-0.4, -0.2) is 43.7 Å². The van der Waals surface area contributed by atoms with Gasteiger partial charge in [-0.1, -0.05) is 37.3 Å². The standard InChI is InChI=1S/C16H22N2O2/c1-12(14-9-17-10-14)16(19)18-7-8-20-11-15(18)13-5-3-2-4-6-13/h2-6,12,14-15,17H,7-11H2,1H3. The SMILES string of the molecule is CC(C(=O)N1CCOCC1c1ccccc1)C1CNC1. The predicted octanol–water partition coefficient (Wildman–Crippen LogP) is 1.44. The summed E-state index contributed by atoms with van der Waals surface area (Å²) in [5, 5.41) is 3.25. The van der Waals surface area contributed by atoms with Gasteiger partial charge in [-0.05, 0) is 24.6 Å². The molecular weight excluding hydrogens is 252 g/mol. The molecule has 0 saturated carbocycles. The number of hydrogen-bond acceptors (Lipinski definition) is 3. The van der Waals surface area contributed by atoms with Gasteiger partial charge in [-0.2, -0.15) is 0 Å². The van der Waals surface area contributed by atoms with Crippen LogP contribution in [0.25, 0.3) is 0 Å². The molecule has 4 nitrogen and oxygen atoms in total. The Labute approximate surface area is 120 Å². The molecule has 0 bridgehead atoms. The summed E-state index contributed by atoms with van der Waals surface area (Å²) in [5.74, 6) is 0.857. The van der Waals surface area contributed by atoms with Crippen molar-refractivity contribution in [3.8, 4) is 0 Å². The number of ether oxygens (including phenoxy) is 1. The van der Waals surface area contributed by atoms with Gasteiger partial charge >= 0.3 is 0 Å². The summed E-state index contributed by atoms with van der Waals surface area (Å²) in [5.41, 5.74) is 1.17. The fourth-order valence-electron chi connectivity index (χ4n) is 2.95. The number of carbonyl (C=O) groups excluding carboxylic acids is 1. The lowest BCUT2D eigenvalue weighted by Gasteiger charge is -2.40. The Balaban J connectivity index is 1.76. The van der Waals surface area contributed by atoms with Gasteiger partial charge in [0.2, 0.25) is 5.91 Å². The van der Waals surface area contributed by atoms with Gasteiger partial charge in [0.05, 0.1) is 19.3 Å². The Kier molecular flexibility index (Phi) is 4.03. The molecule has 1 aromatic carbocycles. The van der Waals surface area contributed by atoms with E-state index in [4.69, 9.17) is 4.74 Å². The summed E-state index contributed by atoms with van der Waals surface area (Å²) in [6, 6.07) is 10.3. The average molecular weight is 274 g/mol. The molecule has 2 atom stereocenters. The van der Waals surface area contributed by atoms with Crippen molar-refractivity contribution in [1.82, 2.24) is 10.2 Å². The molecule has 108 valence electrons. The van der Waals surface area contributed by atoms with Gasteiger partial charge in [0.1, 0.15) is 0 Å². The van der Waals surface area contributed by atoms with E-state index in [2.05, 4.69) is 24.4 Å². The summed E-state index contributed by atoms with van der Waals surface area (Å²) in [7, 11) is 0. The molecule has 2 saturated heterocycles. The lowest BCUT2D eigenvalue weighted by Crippen LogP contribution is -2.52. The van der Waals surface area contributed by atoms with Crippen LogP contribution < -0.4 is 5.32 Å². The zero-order valence-corrected chi connectivity index (χ0v) is 11.9. The van der Waals surface area contributed by atoms with Crippen LogP contribution >= 0.6 is 0 Å². The number of hydrogen-bond donors (Lipinski definition) is 1. The van der Waals surface area contributed by atoms with E-state index >= 15 is 0 Å². The second kappa shape index (κ2) is 5.94. The number of nitrogens with zero attached hydrogens (tertiary/aromatic N) is 1. The van der Waals surface area contributed by atoms with Crippen LogP contribution in [0.1, 0.15) is 18.5 Å². The highest BCUT2D eigenvalue weighted by Gasteiger charge is 2.36. The monoisotopic (exact) mass is 274 g/mol. The minimum absolute atomic E-state index is 0.0629. The third-order valence-electron chi connectivity index (χ3n) is 4.51. The number of benzene rings is 1. The van der Waals surface area contributed by atoms with Crippen LogP contribution in [0.5, 0.6) is 0 Å². The van der Waals surface area contributed by atoms with Crippen molar-refractivity contribution in [1.29, 1.82) is 0 Å². The third kappa shape index (κ3) is 2.58. The minimum atomic E-state index is 0.0629. The fourth-order valence-corrected chi connectivity index (χ4v) is 2.95. The molecule has 0 radical (unpaired) electrons. The van der Waals surface area contributed by atoms with Crippen LogP contribution in [0.4, 0.5) is 0 Å². The van der Waals surface area contributed by atoms with Crippen LogP contribution in [-0.2, 0) is 9.53 Å². The van der Waals surface area contributed by atoms with Gasteiger partial charge in [-0.3, -0.25) is 4.79 Å². The molecule has 2 unspecified atom stereocenters. The molecule has 0 spiro atoms. The molecule has 2 heterocycles. The minimum Gasteiger partial charge on any atom is -0.377 e. The van der Waals surface area contributed by atoms with E-state index in [0.29, 0.717) is 25.7 Å². The Hall–Kier alpha value is -1.39. The highest BCUT2D eigenvalue weighted by Crippen LogP contribution is 2.28. The smallest absolute Gasteiger partial charge is 0.226 e. The van der Waals surface area contributed by atoms with Gasteiger partial charge in [0.15, 0.2) is 0 Å². The van der Waals surface area contributed by atoms with Crippen molar-refractivity contribution < 1.29 is 9.53 Å². The summed E-state index contributed by atoms with van der Waals surface area (Å²) < 4.78 is 5.59. The van der Waals surface area contributed by atoms with Gasteiger partial charge in [-0.15, -0.1) is 0 Å². The van der Waals surface area contributed by atoms with E-state index in [1.54, 1.807) is 0 Å². The van der Waals surface area contributed by atoms with Gasteiger partial charge < -0.3 is 15.0 Å². The molecule has 1 N–H and O–H groups in total. The highest BCUT2D eigenvalue weighted by molar-refractivity contribution is 5.79. The third-order valence-corrected chi connectivity index (χ3v) is 4.51. The Morgan fingerprint density at radius 3 is 2.75 bits per heavy atom. The van der Waals surface area contributed by atoms with Crippen LogP contribution in [0.15, 0.2) is 30.3 Å². The lowest BCUT2D eigenvalue weighted by molar-refractivity contribution is -0.146. The first kappa shape index (κ1) is 13.6. The topological polar surface area (TPSA) is 41.6 Å². The van der Waals surface area contributed by atoms with Gasteiger partial charge in [0, 0.05) is 12.5 Å². The van der Waals surface area contributed by atoms with E-state index in [0.717, 1.165) is 13.1 Å². The van der Waals surface area contributed by atoms with Crippen molar-refractivity contribution in [2.75, 3.05) is 32.8 Å². The fraction of sp³-hybridized carbons (Fsp3) is 0.562. The summed E-state index contributed by atoms with van der Waals surface area (Å²) in [6.07, 6.45) is 0. The maximum Gasteiger partial charge on any atom is 0.226 e. The molecule has 3 rings (SSSR count). The van der Waals surface area contributed by atoms with Crippen molar-refractivity contribution in [3.63, 3.8) is 0 Å². The quantitative estimate of drug-likeness (QED) is 0.907. The van der Waals surface area contributed by atoms with E-state index in [1.807, 2.05) is 23.1 Å². The molecule has 1 amide bonds. The van der Waals surface area contributed by atoms with Gasteiger partial charge in [-0.25, -0.2) is 0 Å². The molecular formula is C16H22N2O2. The highest BCUT2D eigenvalue weighted by atomic mass is 16.5. The maximum atomic E-state index is 12.8. The largest absolute Gasteiger partial charge is 0.377 e. The predicted molar refractivity (Wildman–Crippen MR) is 77.2 cm³/mol. The van der Waals surface area contributed by atoms with Crippen molar-refractivity contribution >= 4 is 5.91 Å². The first-order valence-electron chi connectivity index (χ1n) is 7.41. The van der Waals surface area contributed by atoms with Crippen LogP contribution in [0.3, 0.4) is 0 Å². The number of amides is 1. The Morgan fingerprint density at radius 1 is 1.35 bits per heavy atom. The average Bonchev–Trinajstić information content (AvgIpc) is 2.45. The molecule has 2 aliphatic rings. The first-order valence-corrected chi connectivity index (χ1v) is 7.41. The summed E-state index contributed by atoms with van der Waals surface area (Å²) >= 11 is 0. The molecule has 2 aliphatic heterocycles. The molecule has 4 heteroatoms. The first-order chi connectivity index (χ1) is 9.77. The van der Waals surface area contributed by atoms with Crippen molar-refractivity contribution in [3.05, 3.63) is 35.9 Å². The molecule has 2 fully saturated rings. The molecule has 1 aromatic rings. The molecule has 0 aromatic heterocycles. The maximum absolute atomic E-state index is 12.8. The molecule has 20 heavy (non-hydrogen) atoms. The normalized spacial score (nSPS) is 25.1. The number of morpholine rings is 1. The van der Waals surface area contributed by atoms with E-state index < -0.39 is 0 Å². The lowest BCUT2D eigenvalue weighted by atomic mass is 9.87. The number of carbonyl (C=O) groups is 1. The van der Waals surface area contributed by atoms with Crippen LogP contribution in [0.2, 0.25) is 0 Å². The number of rotatable bonds is 3. The van der Waals surface area contributed by atoms with Crippen molar-refractivity contribution in [2.45, 2.75) is 13.0 Å². The second-order valence-corrected chi connectivity index (χ2v) is 5.74. The van der Waals surface area contributed by atoms with Gasteiger partial charge in [0.25, 0.3) is 0 Å². The summed E-state index contributed by atoms with van der Waals surface area (Å²) in [6.45, 7) is 5.94. The van der Waals surface area contributed by atoms with Crippen molar-refractivity contribution in [2.24, 2.45) is 11.8 Å². The molecule has 0 aliphatic carbocycles. The second-order valence-electron chi connectivity index (χ2n) is 5.74. The Morgan fingerprint density at radius 2 is 2.10 bits per heavy atom. The zero-order chi connectivity index (χ0) is 13.9. The van der Waals surface area contributed by atoms with E-state index in [9.17, 15) is 4.79 Å². The van der Waals surface area contributed by atoms with E-state index in [1.165, 1.54) is 5.56 Å². The Bertz CT molecular complexity index is 459. The van der Waals surface area contributed by atoms with Crippen LogP contribution in [0, 0.1) is 11.8 Å². The number of nitrogens with one attached hydrogen (secondary N) is 1. The zero-order valence-electron chi connectivity index (χ0n) is 11.9.